The van der Waals surface area contributed by atoms with Crippen molar-refractivity contribution in [3.8, 4) is 6.07 Å². The summed E-state index contributed by atoms with van der Waals surface area (Å²) in [6.07, 6.45) is 0. The van der Waals surface area contributed by atoms with Gasteiger partial charge in [0.05, 0.1) is 11.6 Å². The lowest BCUT2D eigenvalue weighted by Gasteiger charge is -2.41. The van der Waals surface area contributed by atoms with E-state index in [1.54, 1.807) is 0 Å². The Balaban J connectivity index is 2.34. The van der Waals surface area contributed by atoms with E-state index in [1.165, 1.54) is 5.69 Å². The molecule has 1 aliphatic heterocycles. The number of nitriles is 1. The van der Waals surface area contributed by atoms with Crippen LogP contribution in [0.5, 0.6) is 0 Å². The average molecular weight is 257 g/mol. The molecule has 1 aliphatic rings. The van der Waals surface area contributed by atoms with Crippen LogP contribution >= 0.6 is 0 Å². The fourth-order valence-electron chi connectivity index (χ4n) is 2.66. The van der Waals surface area contributed by atoms with Gasteiger partial charge in [-0.2, -0.15) is 5.26 Å². The summed E-state index contributed by atoms with van der Waals surface area (Å²) >= 11 is 0. The Morgan fingerprint density at radius 3 is 2.32 bits per heavy atom. The number of nitrogens with zero attached hydrogens (tertiary/aromatic N) is 2. The Morgan fingerprint density at radius 1 is 1.11 bits per heavy atom. The third-order valence-electron chi connectivity index (χ3n) is 3.79. The topological polar surface area (TPSA) is 39.1 Å². The molecule has 1 aromatic rings. The molecule has 2 rings (SSSR count). The molecule has 0 saturated carbocycles. The number of hydrogen-bond acceptors (Lipinski definition) is 3. The molecule has 1 aromatic carbocycles. The number of anilines is 1. The Hall–Kier alpha value is -1.53. The monoisotopic (exact) mass is 257 g/mol. The molecule has 0 bridgehead atoms. The van der Waals surface area contributed by atoms with Crippen LogP contribution in [0.15, 0.2) is 24.3 Å². The van der Waals surface area contributed by atoms with E-state index in [4.69, 9.17) is 5.26 Å². The van der Waals surface area contributed by atoms with Crippen LogP contribution in [0.2, 0.25) is 0 Å². The van der Waals surface area contributed by atoms with E-state index in [9.17, 15) is 0 Å². The summed E-state index contributed by atoms with van der Waals surface area (Å²) in [5.74, 6) is 0. The van der Waals surface area contributed by atoms with E-state index in [2.05, 4.69) is 56.1 Å². The molecule has 1 fully saturated rings. The predicted octanol–water partition coefficient (Wildman–Crippen LogP) is 2.77. The number of benzene rings is 1. The van der Waals surface area contributed by atoms with Crippen LogP contribution in [0.1, 0.15) is 33.3 Å². The van der Waals surface area contributed by atoms with E-state index < -0.39 is 0 Å². The maximum Gasteiger partial charge on any atom is 0.0991 e. The van der Waals surface area contributed by atoms with Crippen LogP contribution in [0, 0.1) is 16.7 Å². The van der Waals surface area contributed by atoms with Gasteiger partial charge in [-0.25, -0.2) is 0 Å². The van der Waals surface area contributed by atoms with E-state index in [1.807, 2.05) is 12.1 Å². The normalized spacial score (nSPS) is 21.5. The minimum absolute atomic E-state index is 0.0714. The molecule has 0 aromatic heterocycles. The highest BCUT2D eigenvalue weighted by atomic mass is 15.2. The number of hydrogen-bond donors (Lipinski definition) is 1. The Morgan fingerprint density at radius 2 is 1.74 bits per heavy atom. The van der Waals surface area contributed by atoms with Gasteiger partial charge in [-0.05, 0) is 43.5 Å². The summed E-state index contributed by atoms with van der Waals surface area (Å²) in [4.78, 5) is 2.45. The molecule has 0 radical (unpaired) electrons. The highest BCUT2D eigenvalue weighted by Gasteiger charge is 2.35. The molecule has 3 nitrogen and oxygen atoms in total. The van der Waals surface area contributed by atoms with Crippen LogP contribution in [-0.2, 0) is 0 Å². The summed E-state index contributed by atoms with van der Waals surface area (Å²) in [7, 11) is 0. The zero-order valence-corrected chi connectivity index (χ0v) is 12.3. The highest BCUT2D eigenvalue weighted by Crippen LogP contribution is 2.31. The van der Waals surface area contributed by atoms with Crippen molar-refractivity contribution in [1.82, 2.24) is 5.32 Å². The Bertz CT molecular complexity index is 480. The second-order valence-corrected chi connectivity index (χ2v) is 6.83. The third kappa shape index (κ3) is 3.08. The van der Waals surface area contributed by atoms with Crippen molar-refractivity contribution in [2.45, 2.75) is 33.2 Å². The van der Waals surface area contributed by atoms with Crippen molar-refractivity contribution in [3.05, 3.63) is 29.8 Å². The van der Waals surface area contributed by atoms with E-state index in [-0.39, 0.29) is 11.0 Å². The summed E-state index contributed by atoms with van der Waals surface area (Å²) in [6, 6.07) is 10.1. The van der Waals surface area contributed by atoms with Gasteiger partial charge in [0.25, 0.3) is 0 Å². The lowest BCUT2D eigenvalue weighted by Crippen LogP contribution is -2.49. The first-order chi connectivity index (χ1) is 8.84. The zero-order valence-electron chi connectivity index (χ0n) is 12.3. The molecular formula is C16H23N3. The molecule has 19 heavy (non-hydrogen) atoms. The molecule has 102 valence electrons. The second-order valence-electron chi connectivity index (χ2n) is 6.83. The number of nitrogens with one attached hydrogen (secondary N) is 1. The average Bonchev–Trinajstić information content (AvgIpc) is 2.45. The van der Waals surface area contributed by atoms with Crippen molar-refractivity contribution in [2.24, 2.45) is 5.41 Å². The maximum absolute atomic E-state index is 8.90. The summed E-state index contributed by atoms with van der Waals surface area (Å²) in [6.45, 7) is 12.1. The van der Waals surface area contributed by atoms with Crippen LogP contribution in [-0.4, -0.2) is 25.2 Å². The zero-order chi connectivity index (χ0) is 14.1. The van der Waals surface area contributed by atoms with Gasteiger partial charge in [0.2, 0.25) is 0 Å². The minimum Gasteiger partial charge on any atom is -0.365 e. The first-order valence-corrected chi connectivity index (χ1v) is 6.83. The molecule has 3 heteroatoms. The minimum atomic E-state index is 0.0714. The fraction of sp³-hybridized carbons (Fsp3) is 0.562. The van der Waals surface area contributed by atoms with E-state index >= 15 is 0 Å². The fourth-order valence-corrected chi connectivity index (χ4v) is 2.66. The predicted molar refractivity (Wildman–Crippen MR) is 79.2 cm³/mol. The molecule has 0 atom stereocenters. The SMILES string of the molecule is CC1(C)CNCC(C)(C)N(c2ccc(C#N)cc2)C1. The first-order valence-electron chi connectivity index (χ1n) is 6.83. The summed E-state index contributed by atoms with van der Waals surface area (Å²) < 4.78 is 0. The van der Waals surface area contributed by atoms with Gasteiger partial charge in [0, 0.05) is 30.9 Å². The molecule has 1 saturated heterocycles. The molecule has 0 amide bonds. The molecular weight excluding hydrogens is 234 g/mol. The Kier molecular flexibility index (Phi) is 3.56. The van der Waals surface area contributed by atoms with Crippen LogP contribution in [0.25, 0.3) is 0 Å². The molecule has 0 spiro atoms. The highest BCUT2D eigenvalue weighted by molar-refractivity contribution is 5.52. The quantitative estimate of drug-likeness (QED) is 0.841. The van der Waals surface area contributed by atoms with Crippen molar-refractivity contribution < 1.29 is 0 Å². The van der Waals surface area contributed by atoms with Crippen molar-refractivity contribution in [1.29, 1.82) is 5.26 Å². The van der Waals surface area contributed by atoms with Crippen LogP contribution < -0.4 is 10.2 Å². The largest absolute Gasteiger partial charge is 0.365 e. The molecule has 1 heterocycles. The standard InChI is InChI=1S/C16H23N3/c1-15(2)10-18-11-16(3,4)19(12-15)14-7-5-13(9-17)6-8-14/h5-8,18H,10-12H2,1-4H3. The molecule has 0 unspecified atom stereocenters. The van der Waals surface area contributed by atoms with Gasteiger partial charge in [-0.1, -0.05) is 13.8 Å². The van der Waals surface area contributed by atoms with Gasteiger partial charge >= 0.3 is 0 Å². The summed E-state index contributed by atoms with van der Waals surface area (Å²) in [5, 5.41) is 12.5. The summed E-state index contributed by atoms with van der Waals surface area (Å²) in [5.41, 5.74) is 2.22. The van der Waals surface area contributed by atoms with Crippen molar-refractivity contribution in [3.63, 3.8) is 0 Å². The van der Waals surface area contributed by atoms with Crippen molar-refractivity contribution in [2.75, 3.05) is 24.5 Å². The third-order valence-corrected chi connectivity index (χ3v) is 3.79. The lowest BCUT2D eigenvalue weighted by molar-refractivity contribution is 0.365. The van der Waals surface area contributed by atoms with E-state index in [0.717, 1.165) is 19.6 Å². The van der Waals surface area contributed by atoms with Gasteiger partial charge in [-0.15, -0.1) is 0 Å². The smallest absolute Gasteiger partial charge is 0.0991 e. The second kappa shape index (κ2) is 4.86. The Labute approximate surface area is 116 Å². The number of rotatable bonds is 1. The maximum atomic E-state index is 8.90. The molecule has 1 N–H and O–H groups in total. The first kappa shape index (κ1) is 13.9. The van der Waals surface area contributed by atoms with Gasteiger partial charge in [0.1, 0.15) is 0 Å². The van der Waals surface area contributed by atoms with Gasteiger partial charge < -0.3 is 10.2 Å². The van der Waals surface area contributed by atoms with Crippen LogP contribution in [0.3, 0.4) is 0 Å². The van der Waals surface area contributed by atoms with Crippen molar-refractivity contribution >= 4 is 5.69 Å². The molecule has 0 aliphatic carbocycles. The van der Waals surface area contributed by atoms with Crippen LogP contribution in [0.4, 0.5) is 5.69 Å². The van der Waals surface area contributed by atoms with Gasteiger partial charge in [-0.3, -0.25) is 0 Å². The lowest BCUT2D eigenvalue weighted by atomic mass is 9.91. The van der Waals surface area contributed by atoms with E-state index in [0.29, 0.717) is 5.56 Å². The van der Waals surface area contributed by atoms with Gasteiger partial charge in [0.15, 0.2) is 0 Å².